The van der Waals surface area contributed by atoms with Gasteiger partial charge < -0.3 is 24.6 Å². The van der Waals surface area contributed by atoms with Gasteiger partial charge in [-0.3, -0.25) is 4.79 Å². The van der Waals surface area contributed by atoms with Gasteiger partial charge in [-0.25, -0.2) is 4.79 Å². The zero-order valence-corrected chi connectivity index (χ0v) is 32.4. The second kappa shape index (κ2) is 16.2. The number of allylic oxidation sites excluding steroid dienone is 2. The molecule has 0 saturated heterocycles. The molecule has 8 rings (SSSR count). The van der Waals surface area contributed by atoms with Gasteiger partial charge in [0.15, 0.2) is 0 Å². The van der Waals surface area contributed by atoms with Gasteiger partial charge in [-0.05, 0) is 122 Å². The van der Waals surface area contributed by atoms with E-state index in [1.807, 2.05) is 78.9 Å². The number of fused-ring (bicyclic) bond motifs is 10. The summed E-state index contributed by atoms with van der Waals surface area (Å²) in [4.78, 5) is 31.0. The van der Waals surface area contributed by atoms with Crippen LogP contribution in [-0.2, 0) is 11.2 Å². The summed E-state index contributed by atoms with van der Waals surface area (Å²) < 4.78 is 12.4. The van der Waals surface area contributed by atoms with Gasteiger partial charge in [0, 0.05) is 35.9 Å². The number of ketones is 1. The van der Waals surface area contributed by atoms with Crippen LogP contribution in [0.5, 0.6) is 5.75 Å². The highest BCUT2D eigenvalue weighted by Gasteiger charge is 2.57. The van der Waals surface area contributed by atoms with Crippen LogP contribution in [0.4, 0.5) is 4.79 Å². The number of aliphatic hydroxyl groups is 2. The van der Waals surface area contributed by atoms with E-state index in [9.17, 15) is 19.8 Å². The number of amides is 1. The summed E-state index contributed by atoms with van der Waals surface area (Å²) in [5.41, 5.74) is 1.69. The van der Waals surface area contributed by atoms with Gasteiger partial charge in [0.2, 0.25) is 5.78 Å². The minimum Gasteiger partial charge on any atom is -0.410 e. The molecule has 1 aromatic heterocycles. The van der Waals surface area contributed by atoms with E-state index in [-0.39, 0.29) is 18.2 Å². The van der Waals surface area contributed by atoms with Gasteiger partial charge in [-0.2, -0.15) is 0 Å². The Hall–Kier alpha value is -4.34. The van der Waals surface area contributed by atoms with Crippen LogP contribution in [0, 0.1) is 5.41 Å². The first-order valence-corrected chi connectivity index (χ1v) is 20.1. The number of thiophene rings is 1. The minimum atomic E-state index is -1.28. The third-order valence-corrected chi connectivity index (χ3v) is 13.1. The third kappa shape index (κ3) is 7.89. The molecule has 4 unspecified atom stereocenters. The fourth-order valence-electron chi connectivity index (χ4n) is 8.77. The van der Waals surface area contributed by atoms with Gasteiger partial charge in [0.05, 0.1) is 23.1 Å². The molecule has 54 heavy (non-hydrogen) atoms. The number of aliphatic hydroxyl groups excluding tert-OH is 1. The van der Waals surface area contributed by atoms with Crippen molar-refractivity contribution in [1.82, 2.24) is 4.90 Å². The van der Waals surface area contributed by atoms with Crippen LogP contribution in [0.25, 0.3) is 20.9 Å². The van der Waals surface area contributed by atoms with E-state index in [4.69, 9.17) is 9.47 Å². The van der Waals surface area contributed by atoms with Crippen molar-refractivity contribution in [3.05, 3.63) is 124 Å². The lowest BCUT2D eigenvalue weighted by Crippen LogP contribution is -2.54. The Balaban J connectivity index is 1.26. The molecule has 1 fully saturated rings. The van der Waals surface area contributed by atoms with E-state index < -0.39 is 23.2 Å². The van der Waals surface area contributed by atoms with Crippen LogP contribution in [0.2, 0.25) is 0 Å². The summed E-state index contributed by atoms with van der Waals surface area (Å²) >= 11 is 1.50. The number of rotatable bonds is 9. The number of hydrogen-bond donors (Lipinski definition) is 2. The molecule has 282 valence electrons. The first-order valence-electron chi connectivity index (χ1n) is 19.2. The molecule has 1 amide bonds. The fraction of sp³-hybridized carbons (Fsp3) is 0.391. The summed E-state index contributed by atoms with van der Waals surface area (Å²) in [7, 11) is 1.64. The summed E-state index contributed by atoms with van der Waals surface area (Å²) in [6.45, 7) is 5.16. The standard InChI is InChI=1S/C46H51NO6S/c1-31-10-8-22-45(2)40(38-20-16-32(26-36(48)18-15-31)27-39(38)43(49)42-29-35-13-6-7-14-41(35)54-42)21-23-46(45,51)30-47(24-9-25-52-3)44(50)53-37-19-17-33-11-4-5-12-34(33)28-37/h4-7,10-14,16-17,19-20,27-29,36,40,48,51H,8-9,15,18,21-26,30H2,1-3H3. The number of carbonyl (C=O) groups excluding carboxylic acids is 2. The zero-order valence-electron chi connectivity index (χ0n) is 31.6. The van der Waals surface area contributed by atoms with Gasteiger partial charge in [0.25, 0.3) is 0 Å². The van der Waals surface area contributed by atoms with Crippen LogP contribution in [0.3, 0.4) is 0 Å². The molecule has 3 aliphatic rings. The van der Waals surface area contributed by atoms with Crippen LogP contribution >= 0.6 is 11.3 Å². The van der Waals surface area contributed by atoms with Gasteiger partial charge in [-0.1, -0.05) is 79.2 Å². The predicted molar refractivity (Wildman–Crippen MR) is 217 cm³/mol. The molecule has 0 spiro atoms. The van der Waals surface area contributed by atoms with E-state index in [0.717, 1.165) is 44.8 Å². The Morgan fingerprint density at radius 3 is 2.50 bits per heavy atom. The van der Waals surface area contributed by atoms with Crippen molar-refractivity contribution in [2.75, 3.05) is 26.8 Å². The monoisotopic (exact) mass is 745 g/mol. The molecule has 4 aromatic carbocycles. The number of carbonyl (C=O) groups is 2. The summed E-state index contributed by atoms with van der Waals surface area (Å²) in [6, 6.07) is 29.7. The minimum absolute atomic E-state index is 0.0386. The van der Waals surface area contributed by atoms with Crippen molar-refractivity contribution < 1.29 is 29.3 Å². The molecule has 2 bridgehead atoms. The molecule has 8 heteroatoms. The normalized spacial score (nSPS) is 23.2. The smallest absolute Gasteiger partial charge is 0.410 e. The summed E-state index contributed by atoms with van der Waals surface area (Å²) in [6.07, 6.45) is 6.12. The van der Waals surface area contributed by atoms with E-state index in [2.05, 4.69) is 26.0 Å². The molecule has 3 aliphatic carbocycles. The molecule has 7 nitrogen and oxygen atoms in total. The average molecular weight is 746 g/mol. The van der Waals surface area contributed by atoms with Crippen LogP contribution in [-0.4, -0.2) is 65.5 Å². The molecular formula is C46H51NO6S. The Morgan fingerprint density at radius 2 is 1.70 bits per heavy atom. The molecule has 4 atom stereocenters. The Kier molecular flexibility index (Phi) is 11.4. The topological polar surface area (TPSA) is 96.3 Å². The number of nitrogens with zero attached hydrogens (tertiary/aromatic N) is 1. The quantitative estimate of drug-likeness (QED) is 0.0886. The lowest BCUT2D eigenvalue weighted by Gasteiger charge is -2.46. The van der Waals surface area contributed by atoms with E-state index in [0.29, 0.717) is 67.9 Å². The van der Waals surface area contributed by atoms with Gasteiger partial charge in [-0.15, -0.1) is 11.3 Å². The summed E-state index contributed by atoms with van der Waals surface area (Å²) in [5.74, 6) is 0.248. The maximum atomic E-state index is 14.6. The van der Waals surface area contributed by atoms with E-state index >= 15 is 0 Å². The van der Waals surface area contributed by atoms with Crippen LogP contribution < -0.4 is 4.74 Å². The first kappa shape index (κ1) is 38.0. The SMILES string of the molecule is COCCCN(CC1(O)CCC2c3ccc(cc3C(=O)c3cc4ccccc4s3)CC(O)CCC(C)=CCCC21C)C(=O)Oc1ccc2ccccc2c1. The molecular weight excluding hydrogens is 695 g/mol. The zero-order chi connectivity index (χ0) is 37.9. The number of hydrogen-bond acceptors (Lipinski definition) is 7. The number of benzene rings is 4. The van der Waals surface area contributed by atoms with Gasteiger partial charge in [0.1, 0.15) is 5.75 Å². The number of methoxy groups -OCH3 is 1. The van der Waals surface area contributed by atoms with E-state index in [1.54, 1.807) is 18.1 Å². The molecule has 1 saturated carbocycles. The maximum Gasteiger partial charge on any atom is 0.415 e. The second-order valence-electron chi connectivity index (χ2n) is 15.6. The Labute approximate surface area is 322 Å². The van der Waals surface area contributed by atoms with Crippen molar-refractivity contribution in [2.45, 2.75) is 82.8 Å². The fourth-order valence-corrected chi connectivity index (χ4v) is 9.79. The number of ether oxygens (including phenoxy) is 2. The highest BCUT2D eigenvalue weighted by Crippen LogP contribution is 2.59. The predicted octanol–water partition coefficient (Wildman–Crippen LogP) is 9.86. The maximum absolute atomic E-state index is 14.6. The average Bonchev–Trinajstić information content (AvgIpc) is 3.71. The van der Waals surface area contributed by atoms with Crippen LogP contribution in [0.1, 0.15) is 91.1 Å². The van der Waals surface area contributed by atoms with E-state index in [1.165, 1.54) is 16.9 Å². The molecule has 1 heterocycles. The van der Waals surface area contributed by atoms with Crippen LogP contribution in [0.15, 0.2) is 103 Å². The molecule has 5 aromatic rings. The second-order valence-corrected chi connectivity index (χ2v) is 16.7. The summed E-state index contributed by atoms with van der Waals surface area (Å²) in [5, 5.41) is 27.1. The Morgan fingerprint density at radius 1 is 0.926 bits per heavy atom. The largest absolute Gasteiger partial charge is 0.415 e. The van der Waals surface area contributed by atoms with Crippen molar-refractivity contribution in [3.63, 3.8) is 0 Å². The molecule has 0 radical (unpaired) electrons. The lowest BCUT2D eigenvalue weighted by molar-refractivity contribution is -0.0795. The van der Waals surface area contributed by atoms with Crippen molar-refractivity contribution in [2.24, 2.45) is 5.41 Å². The van der Waals surface area contributed by atoms with Gasteiger partial charge >= 0.3 is 6.09 Å². The highest BCUT2D eigenvalue weighted by molar-refractivity contribution is 7.21. The third-order valence-electron chi connectivity index (χ3n) is 12.0. The van der Waals surface area contributed by atoms with Crippen molar-refractivity contribution in [3.8, 4) is 5.75 Å². The van der Waals surface area contributed by atoms with Crippen molar-refractivity contribution in [1.29, 1.82) is 0 Å². The highest BCUT2D eigenvalue weighted by atomic mass is 32.1. The first-order chi connectivity index (χ1) is 26.1. The Bertz CT molecular complexity index is 2140. The van der Waals surface area contributed by atoms with Crippen molar-refractivity contribution >= 4 is 44.1 Å². The molecule has 2 N–H and O–H groups in total. The lowest BCUT2D eigenvalue weighted by atomic mass is 9.64. The molecule has 0 aliphatic heterocycles.